The topological polar surface area (TPSA) is 35.6 Å². The minimum atomic E-state index is 0.154. The number of nitrogens with zero attached hydrogens (tertiary/aromatic N) is 2. The van der Waals surface area contributed by atoms with Gasteiger partial charge in [-0.3, -0.25) is 4.79 Å². The molecule has 1 amide bonds. The van der Waals surface area contributed by atoms with Gasteiger partial charge in [-0.25, -0.2) is 0 Å². The average Bonchev–Trinajstić information content (AvgIpc) is 2.60. The van der Waals surface area contributed by atoms with E-state index in [4.69, 9.17) is 0 Å². The first-order valence-electron chi connectivity index (χ1n) is 7.41. The third-order valence-electron chi connectivity index (χ3n) is 3.85. The highest BCUT2D eigenvalue weighted by atomic mass is 16.2. The van der Waals surface area contributed by atoms with Gasteiger partial charge in [-0.1, -0.05) is 25.1 Å². The zero-order chi connectivity index (χ0) is 14.5. The van der Waals surface area contributed by atoms with Crippen LogP contribution in [0.15, 0.2) is 24.3 Å². The Bertz CT molecular complexity index is 459. The Morgan fingerprint density at radius 1 is 1.40 bits per heavy atom. The van der Waals surface area contributed by atoms with Crippen LogP contribution < -0.4 is 10.2 Å². The van der Waals surface area contributed by atoms with Crippen LogP contribution in [0.4, 0.5) is 5.69 Å². The van der Waals surface area contributed by atoms with Crippen LogP contribution in [-0.4, -0.2) is 44.5 Å². The Labute approximate surface area is 121 Å². The Balaban J connectivity index is 2.26. The third-order valence-corrected chi connectivity index (χ3v) is 3.85. The normalized spacial score (nSPS) is 18.4. The largest absolute Gasteiger partial charge is 0.362 e. The number of hydrogen-bond donors (Lipinski definition) is 1. The highest BCUT2D eigenvalue weighted by Crippen LogP contribution is 2.32. The molecule has 0 spiro atoms. The lowest BCUT2D eigenvalue weighted by Crippen LogP contribution is -2.37. The molecular weight excluding hydrogens is 250 g/mol. The van der Waals surface area contributed by atoms with Crippen LogP contribution in [0.25, 0.3) is 0 Å². The fourth-order valence-electron chi connectivity index (χ4n) is 2.76. The lowest BCUT2D eigenvalue weighted by molar-refractivity contribution is -0.127. The molecule has 0 aliphatic carbocycles. The van der Waals surface area contributed by atoms with E-state index in [0.29, 0.717) is 12.6 Å². The molecule has 0 saturated heterocycles. The summed E-state index contributed by atoms with van der Waals surface area (Å²) in [4.78, 5) is 15.9. The van der Waals surface area contributed by atoms with E-state index in [-0.39, 0.29) is 5.91 Å². The Morgan fingerprint density at radius 3 is 2.85 bits per heavy atom. The molecule has 1 atom stereocenters. The van der Waals surface area contributed by atoms with Gasteiger partial charge in [-0.15, -0.1) is 0 Å². The molecule has 1 aromatic carbocycles. The van der Waals surface area contributed by atoms with Crippen molar-refractivity contribution in [2.24, 2.45) is 0 Å². The number of hydrogen-bond acceptors (Lipinski definition) is 3. The van der Waals surface area contributed by atoms with Crippen molar-refractivity contribution < 1.29 is 4.79 Å². The van der Waals surface area contributed by atoms with Crippen molar-refractivity contribution in [1.82, 2.24) is 10.2 Å². The number of carbonyl (C=O) groups is 1. The maximum absolute atomic E-state index is 12.0. The van der Waals surface area contributed by atoms with Gasteiger partial charge in [0.15, 0.2) is 0 Å². The average molecular weight is 275 g/mol. The predicted molar refractivity (Wildman–Crippen MR) is 83.0 cm³/mol. The molecule has 0 aromatic heterocycles. The van der Waals surface area contributed by atoms with Crippen LogP contribution in [0, 0.1) is 0 Å². The van der Waals surface area contributed by atoms with Crippen molar-refractivity contribution in [2.75, 3.05) is 38.6 Å². The van der Waals surface area contributed by atoms with Crippen molar-refractivity contribution in [3.8, 4) is 0 Å². The molecule has 1 aliphatic rings. The first-order chi connectivity index (χ1) is 9.63. The number of rotatable bonds is 4. The number of para-hydroxylation sites is 1. The summed E-state index contributed by atoms with van der Waals surface area (Å²) in [7, 11) is 3.63. The molecule has 1 heterocycles. The zero-order valence-corrected chi connectivity index (χ0v) is 12.7. The molecule has 20 heavy (non-hydrogen) atoms. The molecule has 0 bridgehead atoms. The summed E-state index contributed by atoms with van der Waals surface area (Å²) in [6, 6.07) is 8.85. The Kier molecular flexibility index (Phi) is 5.01. The highest BCUT2D eigenvalue weighted by Gasteiger charge is 2.23. The molecule has 1 aromatic rings. The molecule has 2 rings (SSSR count). The van der Waals surface area contributed by atoms with E-state index in [9.17, 15) is 4.79 Å². The number of carbonyl (C=O) groups excluding carboxylic acids is 1. The van der Waals surface area contributed by atoms with E-state index < -0.39 is 0 Å². The summed E-state index contributed by atoms with van der Waals surface area (Å²) < 4.78 is 0. The fraction of sp³-hybridized carbons (Fsp3) is 0.562. The summed E-state index contributed by atoms with van der Waals surface area (Å²) >= 11 is 0. The molecule has 0 fully saturated rings. The fourth-order valence-corrected chi connectivity index (χ4v) is 2.76. The maximum atomic E-state index is 12.0. The number of fused-ring (bicyclic) bond motifs is 1. The van der Waals surface area contributed by atoms with Gasteiger partial charge >= 0.3 is 0 Å². The first kappa shape index (κ1) is 14.9. The number of nitrogens with one attached hydrogen (secondary N) is 1. The Hall–Kier alpha value is -1.55. The second-order valence-electron chi connectivity index (χ2n) is 5.52. The van der Waals surface area contributed by atoms with Crippen LogP contribution >= 0.6 is 0 Å². The summed E-state index contributed by atoms with van der Waals surface area (Å²) in [5.74, 6) is 0.154. The van der Waals surface area contributed by atoms with Gasteiger partial charge in [0.2, 0.25) is 5.91 Å². The Morgan fingerprint density at radius 2 is 2.15 bits per heavy atom. The predicted octanol–water partition coefficient (Wildman–Crippen LogP) is 2.03. The lowest BCUT2D eigenvalue weighted by Gasteiger charge is -2.26. The quantitative estimate of drug-likeness (QED) is 0.913. The van der Waals surface area contributed by atoms with Gasteiger partial charge in [0.05, 0.1) is 6.54 Å². The number of benzene rings is 1. The van der Waals surface area contributed by atoms with Gasteiger partial charge in [0, 0.05) is 32.4 Å². The first-order valence-corrected chi connectivity index (χ1v) is 7.41. The summed E-state index contributed by atoms with van der Waals surface area (Å²) in [6.45, 7) is 4.51. The molecular formula is C16H25N3O. The van der Waals surface area contributed by atoms with Crippen molar-refractivity contribution in [2.45, 2.75) is 25.8 Å². The van der Waals surface area contributed by atoms with E-state index in [2.05, 4.69) is 41.4 Å². The van der Waals surface area contributed by atoms with Crippen molar-refractivity contribution in [3.05, 3.63) is 29.8 Å². The summed E-state index contributed by atoms with van der Waals surface area (Å²) in [5.41, 5.74) is 2.52. The zero-order valence-electron chi connectivity index (χ0n) is 12.7. The van der Waals surface area contributed by atoms with E-state index in [1.54, 1.807) is 4.90 Å². The van der Waals surface area contributed by atoms with Gasteiger partial charge in [0.1, 0.15) is 0 Å². The van der Waals surface area contributed by atoms with E-state index in [1.165, 1.54) is 11.3 Å². The van der Waals surface area contributed by atoms with Gasteiger partial charge in [-0.2, -0.15) is 0 Å². The van der Waals surface area contributed by atoms with Crippen LogP contribution in [0.1, 0.15) is 31.4 Å². The SMILES string of the molecule is CCNC1CCCN(CC(=O)N(C)C)c2ccccc21. The highest BCUT2D eigenvalue weighted by molar-refractivity contribution is 5.81. The molecule has 1 unspecified atom stereocenters. The second kappa shape index (κ2) is 6.75. The van der Waals surface area contributed by atoms with Crippen LogP contribution in [0.2, 0.25) is 0 Å². The summed E-state index contributed by atoms with van der Waals surface area (Å²) in [6.07, 6.45) is 2.23. The maximum Gasteiger partial charge on any atom is 0.241 e. The number of likely N-dealkylation sites (N-methyl/N-ethyl adjacent to an activating group) is 1. The van der Waals surface area contributed by atoms with Crippen LogP contribution in [0.3, 0.4) is 0 Å². The third kappa shape index (κ3) is 3.31. The van der Waals surface area contributed by atoms with Gasteiger partial charge < -0.3 is 15.1 Å². The monoisotopic (exact) mass is 275 g/mol. The van der Waals surface area contributed by atoms with E-state index in [1.807, 2.05) is 14.1 Å². The van der Waals surface area contributed by atoms with Crippen LogP contribution in [-0.2, 0) is 4.79 Å². The van der Waals surface area contributed by atoms with Crippen molar-refractivity contribution in [3.63, 3.8) is 0 Å². The smallest absolute Gasteiger partial charge is 0.241 e. The molecule has 0 saturated carbocycles. The number of amides is 1. The minimum absolute atomic E-state index is 0.154. The molecule has 1 N–H and O–H groups in total. The molecule has 0 radical (unpaired) electrons. The molecule has 110 valence electrons. The van der Waals surface area contributed by atoms with E-state index in [0.717, 1.165) is 25.9 Å². The lowest BCUT2D eigenvalue weighted by atomic mass is 10.0. The molecule has 4 heteroatoms. The minimum Gasteiger partial charge on any atom is -0.362 e. The molecule has 4 nitrogen and oxygen atoms in total. The van der Waals surface area contributed by atoms with Crippen LogP contribution in [0.5, 0.6) is 0 Å². The van der Waals surface area contributed by atoms with Gasteiger partial charge in [-0.05, 0) is 31.0 Å². The van der Waals surface area contributed by atoms with Gasteiger partial charge in [0.25, 0.3) is 0 Å². The van der Waals surface area contributed by atoms with Crippen molar-refractivity contribution in [1.29, 1.82) is 0 Å². The second-order valence-corrected chi connectivity index (χ2v) is 5.52. The van der Waals surface area contributed by atoms with E-state index >= 15 is 0 Å². The van der Waals surface area contributed by atoms with Crippen molar-refractivity contribution >= 4 is 11.6 Å². The number of anilines is 1. The standard InChI is InChI=1S/C16H25N3O/c1-4-17-14-9-7-11-19(12-16(20)18(2)3)15-10-6-5-8-13(14)15/h5-6,8,10,14,17H,4,7,9,11-12H2,1-3H3. The molecule has 1 aliphatic heterocycles. The summed E-state index contributed by atoms with van der Waals surface area (Å²) in [5, 5.41) is 3.56.